The molecule has 0 bridgehead atoms. The Hall–Kier alpha value is -0.0400. The molecule has 0 saturated heterocycles. The fourth-order valence-electron chi connectivity index (χ4n) is 2.92. The van der Waals surface area contributed by atoms with E-state index in [1.54, 1.807) is 0 Å². The maximum atomic E-state index is 3.66. The number of nitrogens with one attached hydrogen (secondary N) is 1. The monoisotopic (exact) mass is 211 g/mol. The second-order valence-corrected chi connectivity index (χ2v) is 5.72. The highest BCUT2D eigenvalue weighted by molar-refractivity contribution is 4.78. The molecular weight excluding hydrogens is 182 g/mol. The minimum Gasteiger partial charge on any atom is -0.312 e. The average molecular weight is 211 g/mol. The van der Waals surface area contributed by atoms with Gasteiger partial charge < -0.3 is 5.32 Å². The molecule has 0 spiro atoms. The van der Waals surface area contributed by atoms with Gasteiger partial charge in [0.2, 0.25) is 0 Å². The Kier molecular flexibility index (Phi) is 5.66. The average Bonchev–Trinajstić information content (AvgIpc) is 2.43. The summed E-state index contributed by atoms with van der Waals surface area (Å²) < 4.78 is 0. The molecule has 1 heteroatoms. The topological polar surface area (TPSA) is 12.0 Å². The van der Waals surface area contributed by atoms with Gasteiger partial charge in [0, 0.05) is 12.1 Å². The van der Waals surface area contributed by atoms with Gasteiger partial charge in [-0.15, -0.1) is 0 Å². The van der Waals surface area contributed by atoms with Gasteiger partial charge >= 0.3 is 0 Å². The van der Waals surface area contributed by atoms with Crippen LogP contribution in [0.25, 0.3) is 0 Å². The molecule has 0 aromatic carbocycles. The Labute approximate surface area is 96.0 Å². The normalized spacial score (nSPS) is 23.8. The Morgan fingerprint density at radius 2 is 1.40 bits per heavy atom. The van der Waals surface area contributed by atoms with Crippen molar-refractivity contribution in [3.8, 4) is 0 Å². The van der Waals surface area contributed by atoms with Gasteiger partial charge in [0.15, 0.2) is 0 Å². The Balaban J connectivity index is 2.38. The Bertz CT molecular complexity index is 157. The van der Waals surface area contributed by atoms with Crippen LogP contribution < -0.4 is 5.32 Å². The smallest absolute Gasteiger partial charge is 0.00693 e. The summed E-state index contributed by atoms with van der Waals surface area (Å²) in [5.74, 6) is 1.80. The van der Waals surface area contributed by atoms with E-state index in [0.717, 1.165) is 11.8 Å². The van der Waals surface area contributed by atoms with Crippen molar-refractivity contribution in [1.82, 2.24) is 5.32 Å². The number of hydrogen-bond donors (Lipinski definition) is 1. The summed E-state index contributed by atoms with van der Waals surface area (Å²) in [5.41, 5.74) is 0. The number of hydrogen-bond acceptors (Lipinski definition) is 1. The summed E-state index contributed by atoms with van der Waals surface area (Å²) in [6, 6.07) is 1.29. The van der Waals surface area contributed by atoms with E-state index in [1.807, 2.05) is 0 Å². The standard InChI is InChI=1S/C14H29N/c1-11(2)15-13(4)12(3)14-9-7-5-6-8-10-14/h11-15H,5-10H2,1-4H3. The third-order valence-corrected chi connectivity index (χ3v) is 4.03. The van der Waals surface area contributed by atoms with E-state index in [1.165, 1.54) is 38.5 Å². The lowest BCUT2D eigenvalue weighted by Gasteiger charge is -2.30. The van der Waals surface area contributed by atoms with Crippen molar-refractivity contribution in [2.75, 3.05) is 0 Å². The molecule has 1 rings (SSSR count). The van der Waals surface area contributed by atoms with Crippen LogP contribution in [0.3, 0.4) is 0 Å². The molecule has 2 unspecified atom stereocenters. The van der Waals surface area contributed by atoms with Crippen LogP contribution >= 0.6 is 0 Å². The van der Waals surface area contributed by atoms with E-state index in [9.17, 15) is 0 Å². The van der Waals surface area contributed by atoms with Crippen LogP contribution in [0.4, 0.5) is 0 Å². The lowest BCUT2D eigenvalue weighted by Crippen LogP contribution is -2.39. The van der Waals surface area contributed by atoms with E-state index < -0.39 is 0 Å². The molecule has 0 heterocycles. The van der Waals surface area contributed by atoms with Gasteiger partial charge in [0.1, 0.15) is 0 Å². The van der Waals surface area contributed by atoms with E-state index in [-0.39, 0.29) is 0 Å². The van der Waals surface area contributed by atoms with Gasteiger partial charge in [-0.3, -0.25) is 0 Å². The lowest BCUT2D eigenvalue weighted by atomic mass is 9.83. The van der Waals surface area contributed by atoms with Gasteiger partial charge in [-0.25, -0.2) is 0 Å². The summed E-state index contributed by atoms with van der Waals surface area (Å²) in [4.78, 5) is 0. The van der Waals surface area contributed by atoms with Crippen LogP contribution in [-0.4, -0.2) is 12.1 Å². The highest BCUT2D eigenvalue weighted by Gasteiger charge is 2.23. The third kappa shape index (κ3) is 4.55. The van der Waals surface area contributed by atoms with E-state index in [4.69, 9.17) is 0 Å². The fraction of sp³-hybridized carbons (Fsp3) is 1.00. The molecule has 1 saturated carbocycles. The van der Waals surface area contributed by atoms with Crippen molar-refractivity contribution in [2.24, 2.45) is 11.8 Å². The zero-order chi connectivity index (χ0) is 11.3. The van der Waals surface area contributed by atoms with E-state index in [2.05, 4.69) is 33.0 Å². The van der Waals surface area contributed by atoms with Crippen molar-refractivity contribution in [3.63, 3.8) is 0 Å². The van der Waals surface area contributed by atoms with Gasteiger partial charge in [-0.05, 0) is 18.8 Å². The molecular formula is C14H29N. The highest BCUT2D eigenvalue weighted by atomic mass is 14.9. The zero-order valence-electron chi connectivity index (χ0n) is 11.1. The largest absolute Gasteiger partial charge is 0.312 e. The van der Waals surface area contributed by atoms with Crippen molar-refractivity contribution in [3.05, 3.63) is 0 Å². The fourth-order valence-corrected chi connectivity index (χ4v) is 2.92. The van der Waals surface area contributed by atoms with Crippen molar-refractivity contribution < 1.29 is 0 Å². The molecule has 1 fully saturated rings. The van der Waals surface area contributed by atoms with Crippen LogP contribution in [0.5, 0.6) is 0 Å². The van der Waals surface area contributed by atoms with Gasteiger partial charge in [-0.2, -0.15) is 0 Å². The van der Waals surface area contributed by atoms with Crippen LogP contribution in [0.15, 0.2) is 0 Å². The molecule has 1 aliphatic rings. The predicted octanol–water partition coefficient (Wildman–Crippen LogP) is 3.98. The molecule has 1 aliphatic carbocycles. The summed E-state index contributed by atoms with van der Waals surface area (Å²) >= 11 is 0. The van der Waals surface area contributed by atoms with Gasteiger partial charge in [-0.1, -0.05) is 59.3 Å². The molecule has 1 nitrogen and oxygen atoms in total. The summed E-state index contributed by atoms with van der Waals surface area (Å²) in [6.45, 7) is 9.29. The third-order valence-electron chi connectivity index (χ3n) is 4.03. The molecule has 15 heavy (non-hydrogen) atoms. The minimum atomic E-state index is 0.619. The molecule has 0 amide bonds. The van der Waals surface area contributed by atoms with Crippen molar-refractivity contribution >= 4 is 0 Å². The molecule has 0 aromatic heterocycles. The van der Waals surface area contributed by atoms with Gasteiger partial charge in [0.25, 0.3) is 0 Å². The van der Waals surface area contributed by atoms with Crippen LogP contribution in [-0.2, 0) is 0 Å². The first-order valence-electron chi connectivity index (χ1n) is 6.87. The SMILES string of the molecule is CC(C)NC(C)C(C)C1CCCCCC1. The lowest BCUT2D eigenvalue weighted by molar-refractivity contribution is 0.247. The maximum absolute atomic E-state index is 3.66. The van der Waals surface area contributed by atoms with Crippen LogP contribution in [0.2, 0.25) is 0 Å². The molecule has 0 aromatic rings. The van der Waals surface area contributed by atoms with Crippen molar-refractivity contribution in [1.29, 1.82) is 0 Å². The molecule has 0 radical (unpaired) electrons. The molecule has 1 N–H and O–H groups in total. The second-order valence-electron chi connectivity index (χ2n) is 5.72. The minimum absolute atomic E-state index is 0.619. The first-order valence-corrected chi connectivity index (χ1v) is 6.87. The first kappa shape index (κ1) is 13.0. The summed E-state index contributed by atoms with van der Waals surface area (Å²) in [7, 11) is 0. The Morgan fingerprint density at radius 1 is 0.867 bits per heavy atom. The van der Waals surface area contributed by atoms with Crippen LogP contribution in [0, 0.1) is 11.8 Å². The van der Waals surface area contributed by atoms with Crippen LogP contribution in [0.1, 0.15) is 66.2 Å². The molecule has 0 aliphatic heterocycles. The van der Waals surface area contributed by atoms with Gasteiger partial charge in [0.05, 0.1) is 0 Å². The molecule has 90 valence electrons. The summed E-state index contributed by atoms with van der Waals surface area (Å²) in [5, 5.41) is 3.66. The highest BCUT2D eigenvalue weighted by Crippen LogP contribution is 2.30. The first-order chi connectivity index (χ1) is 7.11. The quantitative estimate of drug-likeness (QED) is 0.694. The van der Waals surface area contributed by atoms with E-state index >= 15 is 0 Å². The zero-order valence-corrected chi connectivity index (χ0v) is 11.1. The van der Waals surface area contributed by atoms with Crippen molar-refractivity contribution in [2.45, 2.75) is 78.3 Å². The number of rotatable bonds is 4. The predicted molar refractivity (Wildman–Crippen MR) is 68.1 cm³/mol. The molecule has 2 atom stereocenters. The maximum Gasteiger partial charge on any atom is 0.00693 e. The Morgan fingerprint density at radius 3 is 1.87 bits per heavy atom. The van der Waals surface area contributed by atoms with E-state index in [0.29, 0.717) is 12.1 Å². The second kappa shape index (κ2) is 6.52. The summed E-state index contributed by atoms with van der Waals surface area (Å²) in [6.07, 6.45) is 8.79.